The standard InChI is InChI=1S/C17H16O5/c1-20-11-5-3-10(4-6-11)13-9-16(19)22-15-8-12(21-2)7-14(18)17(13)15/h3-8,13,18H,9H2,1-2H3/t13-/m0/s1. The van der Waals surface area contributed by atoms with E-state index in [1.165, 1.54) is 13.2 Å². The van der Waals surface area contributed by atoms with E-state index in [1.807, 2.05) is 24.3 Å². The molecule has 5 nitrogen and oxygen atoms in total. The number of methoxy groups -OCH3 is 2. The molecule has 3 rings (SSSR count). The summed E-state index contributed by atoms with van der Waals surface area (Å²) in [4.78, 5) is 11.9. The Morgan fingerprint density at radius 1 is 1.09 bits per heavy atom. The van der Waals surface area contributed by atoms with Crippen molar-refractivity contribution in [2.75, 3.05) is 14.2 Å². The Hall–Kier alpha value is -2.69. The van der Waals surface area contributed by atoms with Crippen LogP contribution in [-0.2, 0) is 4.79 Å². The second kappa shape index (κ2) is 5.60. The predicted octanol–water partition coefficient (Wildman–Crippen LogP) is 2.85. The first-order valence-corrected chi connectivity index (χ1v) is 6.88. The summed E-state index contributed by atoms with van der Waals surface area (Å²) in [6, 6.07) is 10.6. The number of aromatic hydroxyl groups is 1. The van der Waals surface area contributed by atoms with Crippen LogP contribution in [0.5, 0.6) is 23.0 Å². The van der Waals surface area contributed by atoms with Gasteiger partial charge in [-0.2, -0.15) is 0 Å². The number of hydrogen-bond donors (Lipinski definition) is 1. The average Bonchev–Trinajstić information content (AvgIpc) is 2.53. The minimum Gasteiger partial charge on any atom is -0.507 e. The number of phenols is 1. The van der Waals surface area contributed by atoms with E-state index in [1.54, 1.807) is 13.2 Å². The molecule has 2 aromatic rings. The number of carbonyl (C=O) groups excluding carboxylic acids is 1. The van der Waals surface area contributed by atoms with Gasteiger partial charge in [0.05, 0.1) is 20.6 Å². The maximum absolute atomic E-state index is 11.9. The first-order chi connectivity index (χ1) is 10.6. The van der Waals surface area contributed by atoms with Crippen molar-refractivity contribution >= 4 is 5.97 Å². The molecule has 22 heavy (non-hydrogen) atoms. The number of hydrogen-bond acceptors (Lipinski definition) is 5. The smallest absolute Gasteiger partial charge is 0.312 e. The van der Waals surface area contributed by atoms with Gasteiger partial charge in [0.2, 0.25) is 0 Å². The van der Waals surface area contributed by atoms with E-state index in [0.717, 1.165) is 11.3 Å². The van der Waals surface area contributed by atoms with Gasteiger partial charge in [0.15, 0.2) is 0 Å². The molecule has 114 valence electrons. The fraction of sp³-hybridized carbons (Fsp3) is 0.235. The van der Waals surface area contributed by atoms with Crippen molar-refractivity contribution in [3.8, 4) is 23.0 Å². The van der Waals surface area contributed by atoms with E-state index >= 15 is 0 Å². The fourth-order valence-corrected chi connectivity index (χ4v) is 2.69. The molecular weight excluding hydrogens is 284 g/mol. The zero-order chi connectivity index (χ0) is 15.7. The molecule has 1 N–H and O–H groups in total. The molecule has 0 bridgehead atoms. The van der Waals surface area contributed by atoms with E-state index < -0.39 is 0 Å². The van der Waals surface area contributed by atoms with E-state index in [9.17, 15) is 9.90 Å². The third-order valence-corrected chi connectivity index (χ3v) is 3.79. The lowest BCUT2D eigenvalue weighted by molar-refractivity contribution is -0.135. The third kappa shape index (κ3) is 2.45. The Bertz CT molecular complexity index is 706. The largest absolute Gasteiger partial charge is 0.507 e. The Morgan fingerprint density at radius 3 is 2.41 bits per heavy atom. The van der Waals surface area contributed by atoms with Crippen LogP contribution in [0.4, 0.5) is 0 Å². The Labute approximate surface area is 128 Å². The van der Waals surface area contributed by atoms with Crippen LogP contribution in [-0.4, -0.2) is 25.3 Å². The molecule has 0 spiro atoms. The minimum absolute atomic E-state index is 0.0580. The quantitative estimate of drug-likeness (QED) is 0.697. The summed E-state index contributed by atoms with van der Waals surface area (Å²) >= 11 is 0. The number of benzene rings is 2. The molecule has 1 atom stereocenters. The van der Waals surface area contributed by atoms with Crippen LogP contribution in [0.15, 0.2) is 36.4 Å². The van der Waals surface area contributed by atoms with Crippen LogP contribution in [0.3, 0.4) is 0 Å². The van der Waals surface area contributed by atoms with Crippen molar-refractivity contribution in [2.45, 2.75) is 12.3 Å². The van der Waals surface area contributed by atoms with Gasteiger partial charge in [-0.3, -0.25) is 4.79 Å². The minimum atomic E-state index is -0.332. The SMILES string of the molecule is COc1ccc([C@@H]2CC(=O)Oc3cc(OC)cc(O)c32)cc1. The zero-order valence-corrected chi connectivity index (χ0v) is 12.3. The molecule has 0 radical (unpaired) electrons. The highest BCUT2D eigenvalue weighted by Crippen LogP contribution is 2.45. The number of fused-ring (bicyclic) bond motifs is 1. The van der Waals surface area contributed by atoms with Crippen molar-refractivity contribution < 1.29 is 24.1 Å². The maximum Gasteiger partial charge on any atom is 0.312 e. The van der Waals surface area contributed by atoms with Gasteiger partial charge in [-0.05, 0) is 17.7 Å². The first-order valence-electron chi connectivity index (χ1n) is 6.88. The average molecular weight is 300 g/mol. The van der Waals surface area contributed by atoms with Gasteiger partial charge in [0.1, 0.15) is 23.0 Å². The highest BCUT2D eigenvalue weighted by molar-refractivity contribution is 5.79. The summed E-state index contributed by atoms with van der Waals surface area (Å²) in [5, 5.41) is 10.3. The van der Waals surface area contributed by atoms with Crippen LogP contribution in [0, 0.1) is 0 Å². The highest BCUT2D eigenvalue weighted by atomic mass is 16.5. The fourth-order valence-electron chi connectivity index (χ4n) is 2.69. The van der Waals surface area contributed by atoms with Crippen LogP contribution in [0.2, 0.25) is 0 Å². The van der Waals surface area contributed by atoms with E-state index in [0.29, 0.717) is 17.1 Å². The molecule has 1 aliphatic heterocycles. The van der Waals surface area contributed by atoms with E-state index in [4.69, 9.17) is 14.2 Å². The van der Waals surface area contributed by atoms with E-state index in [2.05, 4.69) is 0 Å². The molecule has 0 saturated carbocycles. The van der Waals surface area contributed by atoms with Gasteiger partial charge in [0, 0.05) is 23.6 Å². The van der Waals surface area contributed by atoms with Crippen molar-refractivity contribution in [1.82, 2.24) is 0 Å². The molecule has 1 heterocycles. The van der Waals surface area contributed by atoms with E-state index in [-0.39, 0.29) is 24.1 Å². The zero-order valence-electron chi connectivity index (χ0n) is 12.3. The third-order valence-electron chi connectivity index (χ3n) is 3.79. The monoisotopic (exact) mass is 300 g/mol. The summed E-state index contributed by atoms with van der Waals surface area (Å²) in [7, 11) is 3.09. The van der Waals surface area contributed by atoms with Crippen molar-refractivity contribution in [3.05, 3.63) is 47.5 Å². The molecule has 0 unspecified atom stereocenters. The van der Waals surface area contributed by atoms with Crippen molar-refractivity contribution in [1.29, 1.82) is 0 Å². The van der Waals surface area contributed by atoms with Crippen LogP contribution in [0.1, 0.15) is 23.5 Å². The number of carbonyl (C=O) groups is 1. The van der Waals surface area contributed by atoms with Crippen molar-refractivity contribution in [3.63, 3.8) is 0 Å². The lowest BCUT2D eigenvalue weighted by atomic mass is 9.85. The van der Waals surface area contributed by atoms with Crippen LogP contribution in [0.25, 0.3) is 0 Å². The molecule has 0 amide bonds. The normalized spacial score (nSPS) is 16.6. The summed E-state index contributed by atoms with van der Waals surface area (Å²) in [5.74, 6) is 0.992. The molecule has 0 aromatic heterocycles. The summed E-state index contributed by atoms with van der Waals surface area (Å²) in [6.45, 7) is 0. The Kier molecular flexibility index (Phi) is 3.63. The van der Waals surface area contributed by atoms with Gasteiger partial charge in [0.25, 0.3) is 0 Å². The van der Waals surface area contributed by atoms with Gasteiger partial charge in [-0.15, -0.1) is 0 Å². The van der Waals surface area contributed by atoms with Gasteiger partial charge >= 0.3 is 5.97 Å². The molecule has 2 aromatic carbocycles. The van der Waals surface area contributed by atoms with Crippen LogP contribution >= 0.6 is 0 Å². The Morgan fingerprint density at radius 2 is 1.77 bits per heavy atom. The number of esters is 1. The summed E-state index contributed by atoms with van der Waals surface area (Å²) < 4.78 is 15.5. The molecule has 0 saturated heterocycles. The Balaban J connectivity index is 2.08. The van der Waals surface area contributed by atoms with Gasteiger partial charge in [-0.1, -0.05) is 12.1 Å². The molecule has 5 heteroatoms. The topological polar surface area (TPSA) is 65.0 Å². The van der Waals surface area contributed by atoms with Gasteiger partial charge in [-0.25, -0.2) is 0 Å². The highest BCUT2D eigenvalue weighted by Gasteiger charge is 2.31. The first kappa shape index (κ1) is 14.3. The number of ether oxygens (including phenoxy) is 3. The van der Waals surface area contributed by atoms with Crippen molar-refractivity contribution in [2.24, 2.45) is 0 Å². The lowest BCUT2D eigenvalue weighted by Gasteiger charge is -2.26. The summed E-state index contributed by atoms with van der Waals surface area (Å²) in [5.41, 5.74) is 1.52. The molecule has 0 aliphatic carbocycles. The number of phenolic OH excluding ortho intramolecular Hbond substituents is 1. The molecular formula is C17H16O5. The second-order valence-corrected chi connectivity index (χ2v) is 5.06. The summed E-state index contributed by atoms with van der Waals surface area (Å²) in [6.07, 6.45) is 0.180. The number of rotatable bonds is 3. The lowest BCUT2D eigenvalue weighted by Crippen LogP contribution is -2.21. The molecule has 0 fully saturated rings. The van der Waals surface area contributed by atoms with Crippen LogP contribution < -0.4 is 14.2 Å². The maximum atomic E-state index is 11.9. The predicted molar refractivity (Wildman–Crippen MR) is 79.7 cm³/mol. The second-order valence-electron chi connectivity index (χ2n) is 5.06. The van der Waals surface area contributed by atoms with Gasteiger partial charge < -0.3 is 19.3 Å². The molecule has 1 aliphatic rings.